The molecule has 2 aliphatic heterocycles. The van der Waals surface area contributed by atoms with Gasteiger partial charge in [-0.25, -0.2) is 0 Å². The predicted molar refractivity (Wildman–Crippen MR) is 128 cm³/mol. The first-order valence-corrected chi connectivity index (χ1v) is 12.3. The number of rotatable bonds is 7. The summed E-state index contributed by atoms with van der Waals surface area (Å²) in [6, 6.07) is 13.0. The van der Waals surface area contributed by atoms with E-state index in [9.17, 15) is 14.7 Å². The molecule has 2 heterocycles. The maximum Gasteiger partial charge on any atom is 0.227 e. The van der Waals surface area contributed by atoms with Gasteiger partial charge in [-0.2, -0.15) is 0 Å². The van der Waals surface area contributed by atoms with Gasteiger partial charge in [0.1, 0.15) is 18.0 Å². The summed E-state index contributed by atoms with van der Waals surface area (Å²) < 4.78 is 12.2. The monoisotopic (exact) mass is 484 g/mol. The van der Waals surface area contributed by atoms with E-state index in [1.165, 1.54) is 0 Å². The van der Waals surface area contributed by atoms with Crippen LogP contribution in [0.15, 0.2) is 42.5 Å². The molecule has 8 heteroatoms. The standard InChI is InChI=1S/C26H29ClN2O5/c27-17-6-4-15(5-7-17)13-28-24(31)12-19-11-21-20-10-18(29-26(32)16-2-1-3-16)8-9-22(20)34-25(21)23(14-30)33-19/h4-10,16,19,21,23,25,30H,1-3,11-14H2,(H,28,31)(H,29,32)/t19-,21+,23+,25-/m0/s1. The van der Waals surface area contributed by atoms with E-state index >= 15 is 0 Å². The summed E-state index contributed by atoms with van der Waals surface area (Å²) in [5, 5.41) is 16.5. The molecule has 2 aromatic carbocycles. The van der Waals surface area contributed by atoms with Crippen molar-refractivity contribution in [2.24, 2.45) is 5.92 Å². The minimum absolute atomic E-state index is 0.0180. The van der Waals surface area contributed by atoms with Crippen LogP contribution in [0.5, 0.6) is 5.75 Å². The van der Waals surface area contributed by atoms with E-state index in [1.807, 2.05) is 30.3 Å². The second-order valence-electron chi connectivity index (χ2n) is 9.38. The van der Waals surface area contributed by atoms with Crippen LogP contribution < -0.4 is 15.4 Å². The number of carbonyl (C=O) groups excluding carboxylic acids is 2. The van der Waals surface area contributed by atoms with Crippen LogP contribution in [0.4, 0.5) is 5.69 Å². The first kappa shape index (κ1) is 23.1. The Kier molecular flexibility index (Phi) is 6.77. The Hall–Kier alpha value is -2.61. The highest BCUT2D eigenvalue weighted by Gasteiger charge is 2.46. The molecule has 2 fully saturated rings. The van der Waals surface area contributed by atoms with Gasteiger partial charge >= 0.3 is 0 Å². The van der Waals surface area contributed by atoms with Gasteiger partial charge in [0, 0.05) is 34.7 Å². The van der Waals surface area contributed by atoms with Crippen molar-refractivity contribution in [3.63, 3.8) is 0 Å². The van der Waals surface area contributed by atoms with Gasteiger partial charge < -0.3 is 25.2 Å². The van der Waals surface area contributed by atoms with Gasteiger partial charge in [0.15, 0.2) is 0 Å². The van der Waals surface area contributed by atoms with Gasteiger partial charge in [-0.3, -0.25) is 9.59 Å². The van der Waals surface area contributed by atoms with Gasteiger partial charge in [-0.1, -0.05) is 30.2 Å². The van der Waals surface area contributed by atoms with E-state index < -0.39 is 6.10 Å². The van der Waals surface area contributed by atoms with Gasteiger partial charge in [0.05, 0.1) is 19.1 Å². The fraction of sp³-hybridized carbons (Fsp3) is 0.462. The Morgan fingerprint density at radius 2 is 1.91 bits per heavy atom. The summed E-state index contributed by atoms with van der Waals surface area (Å²) in [4.78, 5) is 25.0. The maximum atomic E-state index is 12.6. The van der Waals surface area contributed by atoms with Crippen LogP contribution in [0.3, 0.4) is 0 Å². The zero-order valence-corrected chi connectivity index (χ0v) is 19.6. The van der Waals surface area contributed by atoms with Crippen LogP contribution in [-0.2, 0) is 20.9 Å². The number of aliphatic hydroxyl groups is 1. The number of benzene rings is 2. The second kappa shape index (κ2) is 9.94. The summed E-state index contributed by atoms with van der Waals surface area (Å²) in [6.45, 7) is 0.220. The molecule has 3 N–H and O–H groups in total. The topological polar surface area (TPSA) is 96.9 Å². The van der Waals surface area contributed by atoms with Crippen LogP contribution in [0.25, 0.3) is 0 Å². The van der Waals surface area contributed by atoms with Crippen molar-refractivity contribution in [1.29, 1.82) is 0 Å². The van der Waals surface area contributed by atoms with E-state index in [-0.39, 0.29) is 48.9 Å². The zero-order valence-electron chi connectivity index (χ0n) is 18.8. The quantitative estimate of drug-likeness (QED) is 0.555. The van der Waals surface area contributed by atoms with E-state index in [0.717, 1.165) is 41.8 Å². The molecule has 1 saturated heterocycles. The predicted octanol–water partition coefficient (Wildman–Crippen LogP) is 3.78. The second-order valence-corrected chi connectivity index (χ2v) is 9.82. The molecule has 0 bridgehead atoms. The molecule has 2 amide bonds. The number of fused-ring (bicyclic) bond motifs is 3. The fourth-order valence-corrected chi connectivity index (χ4v) is 5.09. The number of aliphatic hydroxyl groups excluding tert-OH is 1. The Morgan fingerprint density at radius 3 is 2.62 bits per heavy atom. The molecule has 0 unspecified atom stereocenters. The molecule has 0 spiro atoms. The molecule has 0 aromatic heterocycles. The van der Waals surface area contributed by atoms with Crippen molar-refractivity contribution in [2.45, 2.75) is 62.9 Å². The number of ether oxygens (including phenoxy) is 2. The van der Waals surface area contributed by atoms with Crippen LogP contribution in [-0.4, -0.2) is 41.8 Å². The molecule has 5 rings (SSSR count). The highest BCUT2D eigenvalue weighted by Crippen LogP contribution is 2.47. The molecule has 4 atom stereocenters. The van der Waals surface area contributed by atoms with E-state index in [4.69, 9.17) is 21.1 Å². The number of anilines is 1. The lowest BCUT2D eigenvalue weighted by Crippen LogP contribution is -2.47. The fourth-order valence-electron chi connectivity index (χ4n) is 4.96. The third-order valence-electron chi connectivity index (χ3n) is 7.06. The van der Waals surface area contributed by atoms with Gasteiger partial charge in [-0.15, -0.1) is 0 Å². The number of nitrogens with one attached hydrogen (secondary N) is 2. The third kappa shape index (κ3) is 4.92. The third-order valence-corrected chi connectivity index (χ3v) is 7.31. The van der Waals surface area contributed by atoms with E-state index in [1.54, 1.807) is 12.1 Å². The number of hydrogen-bond acceptors (Lipinski definition) is 5. The van der Waals surface area contributed by atoms with E-state index in [2.05, 4.69) is 10.6 Å². The van der Waals surface area contributed by atoms with Crippen molar-refractivity contribution in [1.82, 2.24) is 5.32 Å². The van der Waals surface area contributed by atoms with Gasteiger partial charge in [0.25, 0.3) is 0 Å². The molecule has 34 heavy (non-hydrogen) atoms. The van der Waals surface area contributed by atoms with Crippen molar-refractivity contribution >= 4 is 29.1 Å². The maximum absolute atomic E-state index is 12.6. The molecule has 1 saturated carbocycles. The number of halogens is 1. The summed E-state index contributed by atoms with van der Waals surface area (Å²) >= 11 is 5.91. The Morgan fingerprint density at radius 1 is 1.12 bits per heavy atom. The van der Waals surface area contributed by atoms with Gasteiger partial charge in [0.2, 0.25) is 11.8 Å². The average molecular weight is 485 g/mol. The highest BCUT2D eigenvalue weighted by molar-refractivity contribution is 6.30. The minimum Gasteiger partial charge on any atom is -0.487 e. The number of amides is 2. The van der Waals surface area contributed by atoms with E-state index in [0.29, 0.717) is 18.0 Å². The Balaban J connectivity index is 1.23. The lowest BCUT2D eigenvalue weighted by Gasteiger charge is -2.37. The van der Waals surface area contributed by atoms with Crippen LogP contribution in [0, 0.1) is 5.92 Å². The Labute approximate surface area is 203 Å². The average Bonchev–Trinajstić information content (AvgIpc) is 3.15. The number of hydrogen-bond donors (Lipinski definition) is 3. The van der Waals surface area contributed by atoms with Crippen LogP contribution in [0.1, 0.15) is 49.1 Å². The normalized spacial score (nSPS) is 25.5. The molecule has 2 aromatic rings. The lowest BCUT2D eigenvalue weighted by molar-refractivity contribution is -0.142. The molecule has 3 aliphatic rings. The Bertz CT molecular complexity index is 1060. The minimum atomic E-state index is -0.520. The molecular formula is C26H29ClN2O5. The first-order valence-electron chi connectivity index (χ1n) is 11.9. The van der Waals surface area contributed by atoms with Crippen molar-refractivity contribution in [3.8, 4) is 5.75 Å². The van der Waals surface area contributed by atoms with Crippen LogP contribution in [0.2, 0.25) is 5.02 Å². The summed E-state index contributed by atoms with van der Waals surface area (Å²) in [5.74, 6) is 0.782. The van der Waals surface area contributed by atoms with Crippen molar-refractivity contribution in [3.05, 3.63) is 58.6 Å². The van der Waals surface area contributed by atoms with Crippen molar-refractivity contribution < 1.29 is 24.2 Å². The van der Waals surface area contributed by atoms with Crippen molar-refractivity contribution in [2.75, 3.05) is 11.9 Å². The molecule has 1 aliphatic carbocycles. The SMILES string of the molecule is O=C(C[C@@H]1C[C@@H]2c3cc(NC(=O)C4CCC4)ccc3O[C@@H]2[C@@H](CO)O1)NCc1ccc(Cl)cc1. The summed E-state index contributed by atoms with van der Waals surface area (Å²) in [5.41, 5.74) is 2.71. The lowest BCUT2D eigenvalue weighted by atomic mass is 9.83. The zero-order chi connectivity index (χ0) is 23.7. The molecule has 0 radical (unpaired) electrons. The smallest absolute Gasteiger partial charge is 0.227 e. The highest BCUT2D eigenvalue weighted by atomic mass is 35.5. The summed E-state index contributed by atoms with van der Waals surface area (Å²) in [7, 11) is 0. The van der Waals surface area contributed by atoms with Crippen LogP contribution >= 0.6 is 11.6 Å². The molecule has 180 valence electrons. The molecule has 7 nitrogen and oxygen atoms in total. The molecular weight excluding hydrogens is 456 g/mol. The largest absolute Gasteiger partial charge is 0.487 e. The summed E-state index contributed by atoms with van der Waals surface area (Å²) in [6.07, 6.45) is 2.62. The first-order chi connectivity index (χ1) is 16.5. The number of carbonyl (C=O) groups is 2. The van der Waals surface area contributed by atoms with Gasteiger partial charge in [-0.05, 0) is 55.2 Å².